The number of aliphatic hydroxyl groups excluding tert-OH is 1. The maximum Gasteiger partial charge on any atom is 0.227 e. The molecule has 0 aromatic heterocycles. The number of hydrogen-bond donors (Lipinski definition) is 1. The van der Waals surface area contributed by atoms with Crippen molar-refractivity contribution in [3.05, 3.63) is 35.6 Å². The number of aliphatic hydroxyl groups is 1. The van der Waals surface area contributed by atoms with Gasteiger partial charge in [0.15, 0.2) is 0 Å². The molecule has 1 saturated heterocycles. The summed E-state index contributed by atoms with van der Waals surface area (Å²) in [5.74, 6) is -0.352. The quantitative estimate of drug-likeness (QED) is 0.906. The lowest BCUT2D eigenvalue weighted by Crippen LogP contribution is -2.50. The molecular weight excluding hydrogens is 245 g/mol. The van der Waals surface area contributed by atoms with E-state index in [1.165, 1.54) is 12.1 Å². The van der Waals surface area contributed by atoms with Crippen LogP contribution in [0.25, 0.3) is 0 Å². The molecule has 1 aromatic carbocycles. The predicted octanol–water partition coefficient (Wildman–Crippen LogP) is 2.13. The zero-order valence-electron chi connectivity index (χ0n) is 11.2. The average Bonchev–Trinajstić information content (AvgIpc) is 2.83. The molecule has 1 aliphatic rings. The fraction of sp³-hybridized carbons (Fsp3) is 0.533. The summed E-state index contributed by atoms with van der Waals surface area (Å²) in [5, 5.41) is 9.59. The van der Waals surface area contributed by atoms with Gasteiger partial charge in [-0.15, -0.1) is 0 Å². The van der Waals surface area contributed by atoms with Gasteiger partial charge in [0.05, 0.1) is 18.6 Å². The molecule has 3 nitrogen and oxygen atoms in total. The highest BCUT2D eigenvalue weighted by atomic mass is 19.1. The fourth-order valence-corrected chi connectivity index (χ4v) is 2.89. The van der Waals surface area contributed by atoms with Crippen LogP contribution in [0.2, 0.25) is 0 Å². The lowest BCUT2D eigenvalue weighted by Gasteiger charge is -2.36. The number of halogens is 1. The van der Waals surface area contributed by atoms with E-state index in [1.54, 1.807) is 17.0 Å². The zero-order valence-corrected chi connectivity index (χ0v) is 11.2. The number of likely N-dealkylation sites (tertiary alicyclic amines) is 1. The van der Waals surface area contributed by atoms with Gasteiger partial charge in [-0.05, 0) is 37.0 Å². The number of rotatable bonds is 4. The van der Waals surface area contributed by atoms with E-state index in [0.29, 0.717) is 12.1 Å². The Morgan fingerprint density at radius 2 is 2.32 bits per heavy atom. The van der Waals surface area contributed by atoms with Crippen molar-refractivity contribution in [1.82, 2.24) is 4.90 Å². The summed E-state index contributed by atoms with van der Waals surface area (Å²) >= 11 is 0. The predicted molar refractivity (Wildman–Crippen MR) is 71.2 cm³/mol. The fourth-order valence-electron chi connectivity index (χ4n) is 2.89. The molecule has 19 heavy (non-hydrogen) atoms. The Balaban J connectivity index is 2.11. The van der Waals surface area contributed by atoms with Crippen molar-refractivity contribution >= 4 is 5.91 Å². The van der Waals surface area contributed by atoms with E-state index in [4.69, 9.17) is 0 Å². The van der Waals surface area contributed by atoms with Crippen LogP contribution in [-0.4, -0.2) is 34.6 Å². The smallest absolute Gasteiger partial charge is 0.227 e. The molecule has 1 N–H and O–H groups in total. The van der Waals surface area contributed by atoms with Crippen molar-refractivity contribution in [2.45, 2.75) is 38.1 Å². The lowest BCUT2D eigenvalue weighted by atomic mass is 9.93. The first-order chi connectivity index (χ1) is 9.11. The summed E-state index contributed by atoms with van der Waals surface area (Å²) in [4.78, 5) is 14.1. The van der Waals surface area contributed by atoms with Gasteiger partial charge >= 0.3 is 0 Å². The van der Waals surface area contributed by atoms with Gasteiger partial charge in [-0.25, -0.2) is 4.39 Å². The standard InChI is InChI=1S/C15H20FNO2/c1-2-15(11-18)7-4-8-17(15)14(19)10-12-5-3-6-13(16)9-12/h3,5-6,9,18H,2,4,7-8,10-11H2,1H3. The SMILES string of the molecule is CCC1(CO)CCCN1C(=O)Cc1cccc(F)c1. The number of amides is 1. The average molecular weight is 265 g/mol. The van der Waals surface area contributed by atoms with Gasteiger partial charge in [0.25, 0.3) is 0 Å². The minimum Gasteiger partial charge on any atom is -0.394 e. The maximum absolute atomic E-state index is 13.1. The van der Waals surface area contributed by atoms with E-state index < -0.39 is 5.54 Å². The van der Waals surface area contributed by atoms with E-state index in [2.05, 4.69) is 0 Å². The molecule has 0 spiro atoms. The number of nitrogens with zero attached hydrogens (tertiary/aromatic N) is 1. The van der Waals surface area contributed by atoms with Crippen molar-refractivity contribution in [2.24, 2.45) is 0 Å². The first-order valence-electron chi connectivity index (χ1n) is 6.77. The first kappa shape index (κ1) is 14.0. The van der Waals surface area contributed by atoms with Crippen LogP contribution in [0.5, 0.6) is 0 Å². The molecule has 1 heterocycles. The Morgan fingerprint density at radius 1 is 1.53 bits per heavy atom. The number of carbonyl (C=O) groups is 1. The molecule has 2 rings (SSSR count). The van der Waals surface area contributed by atoms with Gasteiger partial charge < -0.3 is 10.0 Å². The Labute approximate surface area is 113 Å². The van der Waals surface area contributed by atoms with Crippen LogP contribution in [0.4, 0.5) is 4.39 Å². The highest BCUT2D eigenvalue weighted by Crippen LogP contribution is 2.32. The van der Waals surface area contributed by atoms with Crippen LogP contribution in [0.1, 0.15) is 31.7 Å². The number of carbonyl (C=O) groups excluding carboxylic acids is 1. The summed E-state index contributed by atoms with van der Waals surface area (Å²) in [6.07, 6.45) is 2.70. The molecule has 0 aliphatic carbocycles. The Kier molecular flexibility index (Phi) is 4.20. The van der Waals surface area contributed by atoms with Crippen molar-refractivity contribution < 1.29 is 14.3 Å². The van der Waals surface area contributed by atoms with Crippen LogP contribution in [-0.2, 0) is 11.2 Å². The van der Waals surface area contributed by atoms with Gasteiger partial charge in [0.1, 0.15) is 5.82 Å². The van der Waals surface area contributed by atoms with Gasteiger partial charge in [-0.3, -0.25) is 4.79 Å². The molecule has 0 saturated carbocycles. The molecule has 4 heteroatoms. The van der Waals surface area contributed by atoms with E-state index in [0.717, 1.165) is 19.3 Å². The van der Waals surface area contributed by atoms with Crippen LogP contribution in [0.15, 0.2) is 24.3 Å². The van der Waals surface area contributed by atoms with Crippen LogP contribution < -0.4 is 0 Å². The number of hydrogen-bond acceptors (Lipinski definition) is 2. The minimum atomic E-state index is -0.412. The molecule has 104 valence electrons. The minimum absolute atomic E-state index is 0.00160. The first-order valence-corrected chi connectivity index (χ1v) is 6.77. The van der Waals surface area contributed by atoms with Crippen LogP contribution >= 0.6 is 0 Å². The normalized spacial score (nSPS) is 22.8. The Morgan fingerprint density at radius 3 is 2.95 bits per heavy atom. The molecule has 1 aliphatic heterocycles. The van der Waals surface area contributed by atoms with E-state index >= 15 is 0 Å². The van der Waals surface area contributed by atoms with Crippen molar-refractivity contribution in [2.75, 3.05) is 13.2 Å². The molecule has 1 amide bonds. The van der Waals surface area contributed by atoms with E-state index in [1.807, 2.05) is 6.92 Å². The lowest BCUT2D eigenvalue weighted by molar-refractivity contribution is -0.136. The molecule has 1 unspecified atom stereocenters. The molecule has 1 aromatic rings. The third-order valence-corrected chi connectivity index (χ3v) is 4.09. The summed E-state index contributed by atoms with van der Waals surface area (Å²) in [7, 11) is 0. The largest absolute Gasteiger partial charge is 0.394 e. The van der Waals surface area contributed by atoms with Gasteiger partial charge in [0, 0.05) is 6.54 Å². The topological polar surface area (TPSA) is 40.5 Å². The van der Waals surface area contributed by atoms with Gasteiger partial charge in [-0.1, -0.05) is 19.1 Å². The summed E-state index contributed by atoms with van der Waals surface area (Å²) in [6.45, 7) is 2.67. The Hall–Kier alpha value is -1.42. The molecule has 1 atom stereocenters. The zero-order chi connectivity index (χ0) is 13.9. The third-order valence-electron chi connectivity index (χ3n) is 4.09. The van der Waals surface area contributed by atoms with Gasteiger partial charge in [0.2, 0.25) is 5.91 Å². The second-order valence-corrected chi connectivity index (χ2v) is 5.19. The van der Waals surface area contributed by atoms with E-state index in [-0.39, 0.29) is 24.8 Å². The van der Waals surface area contributed by atoms with Gasteiger partial charge in [-0.2, -0.15) is 0 Å². The number of benzene rings is 1. The van der Waals surface area contributed by atoms with Crippen molar-refractivity contribution in [3.8, 4) is 0 Å². The molecule has 1 fully saturated rings. The third kappa shape index (κ3) is 2.78. The molecule has 0 radical (unpaired) electrons. The van der Waals surface area contributed by atoms with Crippen molar-refractivity contribution in [1.29, 1.82) is 0 Å². The maximum atomic E-state index is 13.1. The van der Waals surface area contributed by atoms with Crippen molar-refractivity contribution in [3.63, 3.8) is 0 Å². The summed E-state index contributed by atoms with van der Waals surface area (Å²) in [5.41, 5.74) is 0.268. The highest BCUT2D eigenvalue weighted by Gasteiger charge is 2.41. The van der Waals surface area contributed by atoms with Crippen LogP contribution in [0, 0.1) is 5.82 Å². The second-order valence-electron chi connectivity index (χ2n) is 5.19. The highest BCUT2D eigenvalue weighted by molar-refractivity contribution is 5.80. The molecule has 0 bridgehead atoms. The Bertz CT molecular complexity index is 457. The monoisotopic (exact) mass is 265 g/mol. The van der Waals surface area contributed by atoms with Crippen LogP contribution in [0.3, 0.4) is 0 Å². The summed E-state index contributed by atoms with van der Waals surface area (Å²) in [6, 6.07) is 6.12. The second kappa shape index (κ2) is 5.70. The molecular formula is C15H20FNO2. The van der Waals surface area contributed by atoms with E-state index in [9.17, 15) is 14.3 Å². The summed E-state index contributed by atoms with van der Waals surface area (Å²) < 4.78 is 13.1.